The van der Waals surface area contributed by atoms with Crippen LogP contribution in [0, 0.1) is 66.6 Å². The highest BCUT2D eigenvalue weighted by atomic mass is 16.6. The largest absolute Gasteiger partial charge is 0.481 e. The molecule has 0 aliphatic heterocycles. The molecular formula is C33H50N4O7. The Morgan fingerprint density at radius 2 is 1.73 bits per heavy atom. The highest BCUT2D eigenvalue weighted by Crippen LogP contribution is 2.65. The highest BCUT2D eigenvalue weighted by molar-refractivity contribution is 5.67. The summed E-state index contributed by atoms with van der Waals surface area (Å²) in [6.45, 7) is 11.4. The zero-order valence-corrected chi connectivity index (χ0v) is 26.8. The van der Waals surface area contributed by atoms with Gasteiger partial charge < -0.3 is 15.6 Å². The van der Waals surface area contributed by atoms with Crippen LogP contribution in [-0.2, 0) is 4.79 Å². The van der Waals surface area contributed by atoms with Crippen molar-refractivity contribution in [2.24, 2.45) is 46.3 Å². The van der Waals surface area contributed by atoms with Crippen molar-refractivity contribution in [3.63, 3.8) is 0 Å². The number of hydrazine groups is 1. The van der Waals surface area contributed by atoms with Gasteiger partial charge in [0, 0.05) is 23.6 Å². The number of nitro benzene ring substituents is 2. The fourth-order valence-corrected chi connectivity index (χ4v) is 9.23. The molecule has 4 N–H and O–H groups in total. The number of anilines is 1. The predicted octanol–water partition coefficient (Wildman–Crippen LogP) is 7.46. The first kappa shape index (κ1) is 33.7. The summed E-state index contributed by atoms with van der Waals surface area (Å²) in [7, 11) is 0. The van der Waals surface area contributed by atoms with Crippen LogP contribution in [0.5, 0.6) is 0 Å². The average Bonchev–Trinajstić information content (AvgIpc) is 3.30. The summed E-state index contributed by atoms with van der Waals surface area (Å²) in [6, 6.07) is 3.41. The number of allylic oxidation sites excluding steroid dienone is 1. The smallest absolute Gasteiger partial charge is 0.303 e. The molecule has 2 fully saturated rings. The summed E-state index contributed by atoms with van der Waals surface area (Å²) >= 11 is 0. The van der Waals surface area contributed by atoms with Crippen LogP contribution in [0.15, 0.2) is 30.0 Å². The van der Waals surface area contributed by atoms with Gasteiger partial charge in [0.15, 0.2) is 0 Å². The van der Waals surface area contributed by atoms with E-state index in [1.165, 1.54) is 31.4 Å². The van der Waals surface area contributed by atoms with Crippen molar-refractivity contribution in [3.05, 3.63) is 50.2 Å². The van der Waals surface area contributed by atoms with Crippen LogP contribution < -0.4 is 10.9 Å². The summed E-state index contributed by atoms with van der Waals surface area (Å²) in [5, 5.41) is 43.7. The molecule has 11 nitrogen and oxygen atoms in total. The van der Waals surface area contributed by atoms with E-state index in [9.17, 15) is 35.2 Å². The number of carbonyl (C=O) groups is 1. The van der Waals surface area contributed by atoms with Gasteiger partial charge in [0.25, 0.3) is 5.69 Å². The fourth-order valence-electron chi connectivity index (χ4n) is 9.23. The van der Waals surface area contributed by atoms with E-state index in [1.54, 1.807) is 6.08 Å². The minimum atomic E-state index is -0.796. The lowest BCUT2D eigenvalue weighted by Gasteiger charge is -2.55. The molecule has 0 saturated heterocycles. The van der Waals surface area contributed by atoms with Gasteiger partial charge in [-0.1, -0.05) is 53.9 Å². The number of non-ortho nitro benzene ring substituents is 1. The van der Waals surface area contributed by atoms with Gasteiger partial charge in [-0.2, -0.15) is 0 Å². The van der Waals surface area contributed by atoms with Crippen molar-refractivity contribution in [2.75, 3.05) is 5.43 Å². The van der Waals surface area contributed by atoms with Crippen molar-refractivity contribution in [2.45, 2.75) is 105 Å². The number of rotatable bonds is 13. The molecule has 0 spiro atoms. The Morgan fingerprint density at radius 3 is 2.36 bits per heavy atom. The Bertz CT molecular complexity index is 1270. The Morgan fingerprint density at radius 1 is 1.00 bits per heavy atom. The van der Waals surface area contributed by atoms with Crippen LogP contribution in [0.2, 0.25) is 0 Å². The van der Waals surface area contributed by atoms with E-state index in [-0.39, 0.29) is 41.0 Å². The molecule has 1 aromatic carbocycles. The SMILES string of the molecule is CC(C)CCC[C@@H](C)[C@H]1CCC2C(CC(=O)O)C([C@@]3(C)CC[C@H](O)C=C3NNc3ccc([N+](=O)[O-])cc3[N+](=O)[O-])CC[C@@]21C. The second kappa shape index (κ2) is 13.4. The number of nitrogens with one attached hydrogen (secondary N) is 2. The molecule has 4 rings (SSSR count). The van der Waals surface area contributed by atoms with Crippen LogP contribution >= 0.6 is 0 Å². The number of carboxylic acid groups (broad SMARTS) is 1. The first-order valence-corrected chi connectivity index (χ1v) is 16.2. The third-order valence-corrected chi connectivity index (χ3v) is 11.5. The zero-order valence-electron chi connectivity index (χ0n) is 26.8. The van der Waals surface area contributed by atoms with Gasteiger partial charge in [0.2, 0.25) is 0 Å². The molecule has 1 aromatic rings. The second-order valence-corrected chi connectivity index (χ2v) is 14.6. The first-order chi connectivity index (χ1) is 20.7. The number of fused-ring (bicyclic) bond motifs is 1. The van der Waals surface area contributed by atoms with E-state index in [4.69, 9.17) is 0 Å². The van der Waals surface area contributed by atoms with E-state index in [0.717, 1.165) is 31.7 Å². The third kappa shape index (κ3) is 6.87. The normalized spacial score (nSPS) is 32.4. The molecule has 0 amide bonds. The number of benzene rings is 1. The van der Waals surface area contributed by atoms with Gasteiger partial charge in [-0.3, -0.25) is 30.4 Å². The molecule has 8 atom stereocenters. The molecule has 2 saturated carbocycles. The molecule has 244 valence electrons. The molecule has 3 aliphatic carbocycles. The standard InChI is InChI=1S/C33H50N4O7/c1-20(2)7-6-8-21(3)25-10-11-26-24(19-31(39)40)27(14-16-32(25,26)4)33(5)15-13-23(38)18-30(33)35-34-28-12-9-22(36(41)42)17-29(28)37(43)44/h9,12,17-18,20-21,23-27,34-35,38H,6-8,10-11,13-16,19H2,1-5H3,(H,39,40)/t21-,23+,24?,25-,26?,27?,32-,33-/m1/s1. The van der Waals surface area contributed by atoms with Crippen molar-refractivity contribution in [1.29, 1.82) is 0 Å². The predicted molar refractivity (Wildman–Crippen MR) is 169 cm³/mol. The molecule has 0 radical (unpaired) electrons. The van der Waals surface area contributed by atoms with Gasteiger partial charge >= 0.3 is 11.7 Å². The summed E-state index contributed by atoms with van der Waals surface area (Å²) in [4.78, 5) is 33.9. The van der Waals surface area contributed by atoms with Crippen LogP contribution in [-0.4, -0.2) is 32.1 Å². The van der Waals surface area contributed by atoms with Gasteiger partial charge in [0.1, 0.15) is 5.69 Å². The summed E-state index contributed by atoms with van der Waals surface area (Å²) in [6.07, 6.45) is 9.94. The maximum atomic E-state index is 12.3. The van der Waals surface area contributed by atoms with Gasteiger partial charge in [-0.15, -0.1) is 0 Å². The molecular weight excluding hydrogens is 564 g/mol. The molecule has 0 aromatic heterocycles. The van der Waals surface area contributed by atoms with E-state index in [2.05, 4.69) is 45.5 Å². The number of hydrogen-bond donors (Lipinski definition) is 4. The summed E-state index contributed by atoms with van der Waals surface area (Å²) in [5.41, 5.74) is 5.50. The van der Waals surface area contributed by atoms with Crippen LogP contribution in [0.4, 0.5) is 17.1 Å². The Hall–Kier alpha value is -3.21. The van der Waals surface area contributed by atoms with E-state index < -0.39 is 33.0 Å². The molecule has 0 heterocycles. The number of aliphatic hydroxyl groups is 1. The maximum Gasteiger partial charge on any atom is 0.303 e. The van der Waals surface area contributed by atoms with Gasteiger partial charge in [-0.25, -0.2) is 0 Å². The highest BCUT2D eigenvalue weighted by Gasteiger charge is 2.58. The van der Waals surface area contributed by atoms with Crippen molar-refractivity contribution < 1.29 is 24.9 Å². The quantitative estimate of drug-likeness (QED) is 0.130. The van der Waals surface area contributed by atoms with Gasteiger partial charge in [0.05, 0.1) is 22.0 Å². The minimum Gasteiger partial charge on any atom is -0.481 e. The monoisotopic (exact) mass is 614 g/mol. The minimum absolute atomic E-state index is 0.0339. The maximum absolute atomic E-state index is 12.3. The van der Waals surface area contributed by atoms with Gasteiger partial charge in [-0.05, 0) is 91.6 Å². The first-order valence-electron chi connectivity index (χ1n) is 16.2. The molecule has 3 unspecified atom stereocenters. The number of nitrogens with zero attached hydrogens (tertiary/aromatic N) is 2. The van der Waals surface area contributed by atoms with Crippen LogP contribution in [0.1, 0.15) is 98.8 Å². The fraction of sp³-hybridized carbons (Fsp3) is 0.727. The third-order valence-electron chi connectivity index (χ3n) is 11.5. The van der Waals surface area contributed by atoms with Crippen LogP contribution in [0.25, 0.3) is 0 Å². The second-order valence-electron chi connectivity index (χ2n) is 14.6. The Balaban J connectivity index is 1.60. The number of carboxylic acids is 1. The molecule has 11 heteroatoms. The average molecular weight is 615 g/mol. The Kier molecular flexibility index (Phi) is 10.3. The van der Waals surface area contributed by atoms with Crippen molar-refractivity contribution in [1.82, 2.24) is 5.43 Å². The summed E-state index contributed by atoms with van der Waals surface area (Å²) in [5.74, 6) is 1.32. The molecule has 3 aliphatic rings. The topological polar surface area (TPSA) is 168 Å². The lowest BCUT2D eigenvalue weighted by molar-refractivity contribution is -0.393. The summed E-state index contributed by atoms with van der Waals surface area (Å²) < 4.78 is 0. The number of aliphatic hydroxyl groups excluding tert-OH is 1. The zero-order chi connectivity index (χ0) is 32.4. The van der Waals surface area contributed by atoms with Crippen LogP contribution in [0.3, 0.4) is 0 Å². The number of aliphatic carboxylic acids is 1. The lowest BCUT2D eigenvalue weighted by atomic mass is 9.50. The number of hydrogen-bond acceptors (Lipinski definition) is 8. The van der Waals surface area contributed by atoms with Crippen molar-refractivity contribution in [3.8, 4) is 0 Å². The van der Waals surface area contributed by atoms with Crippen molar-refractivity contribution >= 4 is 23.0 Å². The van der Waals surface area contributed by atoms with E-state index in [0.29, 0.717) is 36.3 Å². The van der Waals surface area contributed by atoms with E-state index in [1.807, 2.05) is 0 Å². The molecule has 44 heavy (non-hydrogen) atoms. The van der Waals surface area contributed by atoms with E-state index >= 15 is 0 Å². The Labute approximate surface area is 260 Å². The molecule has 0 bridgehead atoms. The number of nitro groups is 2. The lowest BCUT2D eigenvalue weighted by Crippen LogP contribution is -2.51.